The fourth-order valence-corrected chi connectivity index (χ4v) is 7.73. The lowest BCUT2D eigenvalue weighted by molar-refractivity contribution is 0.446. The Bertz CT molecular complexity index is 1020. The minimum absolute atomic E-state index is 0.262. The molecular weight excluding hydrogens is 379 g/mol. The molecule has 0 N–H and O–H groups in total. The lowest BCUT2D eigenvalue weighted by atomic mass is 9.84. The number of hydrogen-bond donors (Lipinski definition) is 0. The lowest BCUT2D eigenvalue weighted by Gasteiger charge is -2.36. The Hall–Kier alpha value is -2.36. The van der Waals surface area contributed by atoms with E-state index in [4.69, 9.17) is 0 Å². The van der Waals surface area contributed by atoms with Gasteiger partial charge in [-0.2, -0.15) is 9.88 Å². The van der Waals surface area contributed by atoms with Crippen molar-refractivity contribution in [2.75, 3.05) is 29.8 Å². The maximum Gasteiger partial charge on any atom is 0.292 e. The number of anilines is 2. The summed E-state index contributed by atoms with van der Waals surface area (Å²) in [5.74, 6) is 0. The molecule has 2 aliphatic rings. The van der Waals surface area contributed by atoms with Gasteiger partial charge in [0.1, 0.15) is 0 Å². The van der Waals surface area contributed by atoms with Crippen molar-refractivity contribution in [2.24, 2.45) is 5.10 Å². The Balaban J connectivity index is 1.96. The molecule has 0 saturated heterocycles. The molecule has 0 amide bonds. The normalized spacial score (nSPS) is 25.2. The van der Waals surface area contributed by atoms with E-state index in [-0.39, 0.29) is 5.41 Å². The lowest BCUT2D eigenvalue weighted by Crippen LogP contribution is -2.31. The number of hydrogen-bond acceptors (Lipinski definition) is 3. The van der Waals surface area contributed by atoms with Gasteiger partial charge in [-0.05, 0) is 23.8 Å². The predicted molar refractivity (Wildman–Crippen MR) is 123 cm³/mol. The highest BCUT2D eigenvalue weighted by Crippen LogP contribution is 2.67. The zero-order valence-corrected chi connectivity index (χ0v) is 18.7. The Kier molecular flexibility index (Phi) is 4.92. The van der Waals surface area contributed by atoms with E-state index < -0.39 is 7.44 Å². The van der Waals surface area contributed by atoms with E-state index >= 15 is 0 Å². The van der Waals surface area contributed by atoms with Crippen LogP contribution in [0.3, 0.4) is 0 Å². The van der Waals surface area contributed by atoms with E-state index in [1.807, 2.05) is 36.5 Å². The Morgan fingerprint density at radius 3 is 2.24 bits per heavy atom. The zero-order chi connectivity index (χ0) is 20.8. The Labute approximate surface area is 173 Å². The highest BCUT2D eigenvalue weighted by atomic mass is 31.2. The molecule has 0 spiro atoms. The molecule has 152 valence electrons. The maximum absolute atomic E-state index is 14.9. The molecule has 5 nitrogen and oxygen atoms in total. The second-order valence-corrected chi connectivity index (χ2v) is 10.5. The molecule has 0 bridgehead atoms. The van der Waals surface area contributed by atoms with Crippen molar-refractivity contribution in [3.63, 3.8) is 0 Å². The third kappa shape index (κ3) is 2.79. The van der Waals surface area contributed by atoms with E-state index in [9.17, 15) is 4.57 Å². The van der Waals surface area contributed by atoms with E-state index in [1.54, 1.807) is 4.78 Å². The molecule has 0 aliphatic carbocycles. The van der Waals surface area contributed by atoms with Crippen LogP contribution in [0, 0.1) is 0 Å². The largest absolute Gasteiger partial charge is 0.346 e. The quantitative estimate of drug-likeness (QED) is 0.612. The van der Waals surface area contributed by atoms with E-state index in [0.717, 1.165) is 22.4 Å². The van der Waals surface area contributed by atoms with Gasteiger partial charge in [0.2, 0.25) is 0 Å². The number of para-hydroxylation sites is 2. The summed E-state index contributed by atoms with van der Waals surface area (Å²) in [6, 6.07) is 18.3. The summed E-state index contributed by atoms with van der Waals surface area (Å²) < 4.78 is 18.7. The minimum atomic E-state index is -3.13. The summed E-state index contributed by atoms with van der Waals surface area (Å²) in [7, 11) is -1.06. The summed E-state index contributed by atoms with van der Waals surface area (Å²) in [5.41, 5.74) is 4.07. The van der Waals surface area contributed by atoms with Crippen LogP contribution >= 0.6 is 7.44 Å². The molecule has 29 heavy (non-hydrogen) atoms. The van der Waals surface area contributed by atoms with Crippen LogP contribution < -0.4 is 9.68 Å². The number of fused-ring (bicyclic) bond motifs is 1. The van der Waals surface area contributed by atoms with Crippen LogP contribution in [0.4, 0.5) is 11.4 Å². The third-order valence-corrected chi connectivity index (χ3v) is 9.20. The van der Waals surface area contributed by atoms with Gasteiger partial charge in [0.15, 0.2) is 0 Å². The molecule has 0 fully saturated rings. The van der Waals surface area contributed by atoms with Crippen molar-refractivity contribution in [1.29, 1.82) is 0 Å². The van der Waals surface area contributed by atoms with Gasteiger partial charge in [-0.25, -0.2) is 4.67 Å². The van der Waals surface area contributed by atoms with E-state index in [1.165, 1.54) is 5.56 Å². The molecule has 4 rings (SSSR count). The molecule has 0 radical (unpaired) electrons. The standard InChI is InChI=1S/C23H29N4OP/c1-6-26(7-2)29(28)21(17-24-27(29)18-13-9-8-10-14-18)22-23(3,4)19-15-11-12-16-20(19)25(22)5/h8-17H,6-7H2,1-5H3. The third-order valence-electron chi connectivity index (χ3n) is 6.07. The first-order chi connectivity index (χ1) is 13.9. The van der Waals surface area contributed by atoms with Crippen LogP contribution in [0.5, 0.6) is 0 Å². The van der Waals surface area contributed by atoms with Gasteiger partial charge in [-0.3, -0.25) is 4.57 Å². The van der Waals surface area contributed by atoms with Gasteiger partial charge in [0.25, 0.3) is 7.44 Å². The monoisotopic (exact) mass is 408 g/mol. The fraction of sp³-hybridized carbons (Fsp3) is 0.348. The summed E-state index contributed by atoms with van der Waals surface area (Å²) in [6.07, 6.45) is 1.82. The highest BCUT2D eigenvalue weighted by molar-refractivity contribution is 7.69. The van der Waals surface area contributed by atoms with Gasteiger partial charge in [0.05, 0.1) is 17.2 Å². The molecule has 1 atom stereocenters. The van der Waals surface area contributed by atoms with Crippen molar-refractivity contribution < 1.29 is 4.57 Å². The molecule has 2 aromatic carbocycles. The van der Waals surface area contributed by atoms with Gasteiger partial charge < -0.3 is 4.90 Å². The zero-order valence-electron chi connectivity index (χ0n) is 17.8. The number of likely N-dealkylation sites (N-methyl/N-ethyl adjacent to an activating group) is 1. The number of allylic oxidation sites excluding steroid dienone is 2. The first-order valence-corrected chi connectivity index (χ1v) is 11.8. The molecule has 1 unspecified atom stereocenters. The molecule has 0 saturated carbocycles. The number of rotatable bonds is 4. The smallest absolute Gasteiger partial charge is 0.292 e. The van der Waals surface area contributed by atoms with Crippen LogP contribution in [-0.4, -0.2) is 31.0 Å². The molecule has 6 heteroatoms. The van der Waals surface area contributed by atoms with Crippen molar-refractivity contribution in [3.8, 4) is 0 Å². The molecule has 2 heterocycles. The average molecular weight is 408 g/mol. The van der Waals surface area contributed by atoms with Gasteiger partial charge in [0, 0.05) is 36.9 Å². The predicted octanol–water partition coefficient (Wildman–Crippen LogP) is 5.67. The van der Waals surface area contributed by atoms with E-state index in [2.05, 4.69) is 73.7 Å². The Morgan fingerprint density at radius 2 is 1.62 bits per heavy atom. The number of nitrogens with zero attached hydrogens (tertiary/aromatic N) is 4. The maximum atomic E-state index is 14.9. The van der Waals surface area contributed by atoms with Crippen molar-refractivity contribution in [3.05, 3.63) is 71.2 Å². The van der Waals surface area contributed by atoms with Crippen LogP contribution in [0.15, 0.2) is 70.7 Å². The average Bonchev–Trinajstić information content (AvgIpc) is 3.16. The van der Waals surface area contributed by atoms with Crippen LogP contribution in [0.1, 0.15) is 33.3 Å². The molecule has 2 aliphatic heterocycles. The summed E-state index contributed by atoms with van der Waals surface area (Å²) in [6.45, 7) is 9.92. The first-order valence-electron chi connectivity index (χ1n) is 10.2. The van der Waals surface area contributed by atoms with Crippen molar-refractivity contribution in [1.82, 2.24) is 4.67 Å². The van der Waals surface area contributed by atoms with Gasteiger partial charge in [-0.15, -0.1) is 0 Å². The fourth-order valence-electron chi connectivity index (χ4n) is 4.67. The van der Waals surface area contributed by atoms with Crippen LogP contribution in [0.2, 0.25) is 0 Å². The van der Waals surface area contributed by atoms with E-state index in [0.29, 0.717) is 13.1 Å². The van der Waals surface area contributed by atoms with Crippen molar-refractivity contribution >= 4 is 25.0 Å². The molecule has 0 aromatic heterocycles. The summed E-state index contributed by atoms with van der Waals surface area (Å²) in [5, 5.41) is 5.51. The summed E-state index contributed by atoms with van der Waals surface area (Å²) >= 11 is 0. The number of hydrazone groups is 1. The second kappa shape index (κ2) is 7.16. The van der Waals surface area contributed by atoms with Crippen molar-refractivity contribution in [2.45, 2.75) is 33.1 Å². The minimum Gasteiger partial charge on any atom is -0.346 e. The topological polar surface area (TPSA) is 39.2 Å². The first kappa shape index (κ1) is 19.9. The summed E-state index contributed by atoms with van der Waals surface area (Å²) in [4.78, 5) is 2.20. The van der Waals surface area contributed by atoms with Crippen LogP contribution in [0.25, 0.3) is 0 Å². The SMILES string of the molecule is CCN(CC)P1(=O)C(=C2N(C)c3ccccc3C2(C)C)C=NN1c1ccccc1. The number of benzene rings is 2. The highest BCUT2D eigenvalue weighted by Gasteiger charge is 2.50. The molecule has 2 aromatic rings. The van der Waals surface area contributed by atoms with Gasteiger partial charge in [-0.1, -0.05) is 64.1 Å². The van der Waals surface area contributed by atoms with Crippen LogP contribution in [-0.2, 0) is 9.98 Å². The molecular formula is C23H29N4OP. The van der Waals surface area contributed by atoms with Gasteiger partial charge >= 0.3 is 0 Å². The Morgan fingerprint density at radius 1 is 1.00 bits per heavy atom. The second-order valence-electron chi connectivity index (χ2n) is 7.99.